The standard InChI is InChI=1S/C32H26N6O8/c1-17-15-25(35-45-17)33-29(19-7-11-21(12-8-19)37(41)42)27-23-5-3-4-6-24(23)28(32(40)31(27)39)30(34-26-16-18(2)46-36-26)20-9-13-22(14-10-20)38(43)44/h3-16,29-30,39-40H,1-2H3,(H,33,35)(H,34,36)/t29-,30-/m0/s1. The Balaban J connectivity index is 1.57. The zero-order valence-corrected chi connectivity index (χ0v) is 24.4. The molecule has 4 aromatic carbocycles. The topological polar surface area (TPSA) is 203 Å². The number of phenolic OH excluding ortho intramolecular Hbond substituents is 2. The number of nitrogens with one attached hydrogen (secondary N) is 2. The van der Waals surface area contributed by atoms with Crippen molar-refractivity contribution in [1.82, 2.24) is 10.3 Å². The summed E-state index contributed by atoms with van der Waals surface area (Å²) in [6, 6.07) is 20.3. The van der Waals surface area contributed by atoms with Crippen molar-refractivity contribution in [3.05, 3.63) is 139 Å². The molecule has 6 rings (SSSR count). The number of hydrogen-bond acceptors (Lipinski definition) is 12. The van der Waals surface area contributed by atoms with Gasteiger partial charge in [-0.1, -0.05) is 34.6 Å². The van der Waals surface area contributed by atoms with Crippen LogP contribution in [0.3, 0.4) is 0 Å². The van der Waals surface area contributed by atoms with Crippen molar-refractivity contribution in [2.75, 3.05) is 10.6 Å². The first-order valence-electron chi connectivity index (χ1n) is 14.0. The van der Waals surface area contributed by atoms with Crippen LogP contribution in [0.25, 0.3) is 10.8 Å². The molecule has 14 nitrogen and oxygen atoms in total. The summed E-state index contributed by atoms with van der Waals surface area (Å²) in [7, 11) is 0. The lowest BCUT2D eigenvalue weighted by atomic mass is 9.86. The van der Waals surface area contributed by atoms with Gasteiger partial charge in [-0.15, -0.1) is 0 Å². The highest BCUT2D eigenvalue weighted by Gasteiger charge is 2.31. The molecule has 0 saturated carbocycles. The van der Waals surface area contributed by atoms with Crippen molar-refractivity contribution >= 4 is 33.8 Å². The summed E-state index contributed by atoms with van der Waals surface area (Å²) in [6.45, 7) is 3.43. The molecule has 2 aromatic heterocycles. The van der Waals surface area contributed by atoms with E-state index in [9.17, 15) is 30.4 Å². The largest absolute Gasteiger partial charge is 0.504 e. The Morgan fingerprint density at radius 1 is 0.652 bits per heavy atom. The predicted molar refractivity (Wildman–Crippen MR) is 167 cm³/mol. The van der Waals surface area contributed by atoms with E-state index in [2.05, 4.69) is 20.9 Å². The Hall–Kier alpha value is -6.44. The fraction of sp³-hybridized carbons (Fsp3) is 0.125. The molecule has 14 heteroatoms. The van der Waals surface area contributed by atoms with E-state index >= 15 is 0 Å². The number of benzene rings is 4. The second-order valence-electron chi connectivity index (χ2n) is 10.6. The van der Waals surface area contributed by atoms with Crippen LogP contribution in [0.15, 0.2) is 94.0 Å². The van der Waals surface area contributed by atoms with Crippen LogP contribution in [-0.2, 0) is 0 Å². The number of aromatic nitrogens is 2. The lowest BCUT2D eigenvalue weighted by Gasteiger charge is -2.27. The summed E-state index contributed by atoms with van der Waals surface area (Å²) < 4.78 is 10.5. The summed E-state index contributed by atoms with van der Waals surface area (Å²) in [4.78, 5) is 21.7. The zero-order valence-electron chi connectivity index (χ0n) is 24.4. The smallest absolute Gasteiger partial charge is 0.269 e. The molecule has 0 unspecified atom stereocenters. The van der Waals surface area contributed by atoms with Crippen molar-refractivity contribution in [1.29, 1.82) is 0 Å². The molecular formula is C32H26N6O8. The molecule has 6 aromatic rings. The van der Waals surface area contributed by atoms with E-state index in [1.165, 1.54) is 24.3 Å². The average molecular weight is 623 g/mol. The van der Waals surface area contributed by atoms with Crippen molar-refractivity contribution in [3.63, 3.8) is 0 Å². The fourth-order valence-corrected chi connectivity index (χ4v) is 5.43. The molecule has 0 amide bonds. The van der Waals surface area contributed by atoms with Crippen molar-refractivity contribution in [2.45, 2.75) is 25.9 Å². The minimum Gasteiger partial charge on any atom is -0.504 e. The molecular weight excluding hydrogens is 596 g/mol. The number of aryl methyl sites for hydroxylation is 2. The molecule has 0 spiro atoms. The molecule has 0 radical (unpaired) electrons. The lowest BCUT2D eigenvalue weighted by Crippen LogP contribution is -2.17. The Kier molecular flexibility index (Phi) is 7.68. The van der Waals surface area contributed by atoms with Crippen LogP contribution in [0.5, 0.6) is 11.5 Å². The van der Waals surface area contributed by atoms with E-state index < -0.39 is 33.4 Å². The highest BCUT2D eigenvalue weighted by atomic mass is 16.6. The van der Waals surface area contributed by atoms with Crippen LogP contribution in [0.2, 0.25) is 0 Å². The number of hydrogen-bond donors (Lipinski definition) is 4. The molecule has 2 atom stereocenters. The minimum absolute atomic E-state index is 0.118. The van der Waals surface area contributed by atoms with Crippen LogP contribution in [0.4, 0.5) is 23.0 Å². The number of nitro benzene ring substituents is 2. The van der Waals surface area contributed by atoms with Gasteiger partial charge in [0.1, 0.15) is 11.5 Å². The number of fused-ring (bicyclic) bond motifs is 1. The minimum atomic E-state index is -0.862. The summed E-state index contributed by atoms with van der Waals surface area (Å²) >= 11 is 0. The third-order valence-electron chi connectivity index (χ3n) is 7.53. The van der Waals surface area contributed by atoms with Crippen LogP contribution >= 0.6 is 0 Å². The number of nitrogens with zero attached hydrogens (tertiary/aromatic N) is 4. The second-order valence-corrected chi connectivity index (χ2v) is 10.6. The molecule has 0 aliphatic carbocycles. The van der Waals surface area contributed by atoms with Gasteiger partial charge < -0.3 is 29.9 Å². The number of rotatable bonds is 10. The van der Waals surface area contributed by atoms with E-state index in [1.807, 2.05) is 0 Å². The molecule has 232 valence electrons. The van der Waals surface area contributed by atoms with Crippen molar-refractivity contribution in [3.8, 4) is 11.5 Å². The maximum atomic E-state index is 11.8. The Morgan fingerprint density at radius 2 is 1.02 bits per heavy atom. The SMILES string of the molecule is Cc1cc(N[C@@H](c2ccc([N+](=O)[O-])cc2)c2c(O)c(O)c([C@@H](Nc3cc(C)on3)c3ccc([N+](=O)[O-])cc3)c3ccccc23)no1. The monoisotopic (exact) mass is 622 g/mol. The van der Waals surface area contributed by atoms with Gasteiger partial charge in [-0.3, -0.25) is 20.2 Å². The van der Waals surface area contributed by atoms with Gasteiger partial charge in [0.2, 0.25) is 0 Å². The molecule has 0 fully saturated rings. The number of aromatic hydroxyl groups is 2. The van der Waals surface area contributed by atoms with Gasteiger partial charge in [-0.05, 0) is 60.0 Å². The van der Waals surface area contributed by atoms with Crippen LogP contribution in [0.1, 0.15) is 45.9 Å². The van der Waals surface area contributed by atoms with Crippen LogP contribution in [-0.4, -0.2) is 30.4 Å². The first-order chi connectivity index (χ1) is 22.1. The van der Waals surface area contributed by atoms with E-state index in [0.29, 0.717) is 45.1 Å². The Bertz CT molecular complexity index is 1920. The van der Waals surface area contributed by atoms with Gasteiger partial charge in [0, 0.05) is 47.5 Å². The molecule has 0 saturated heterocycles. The molecule has 4 N–H and O–H groups in total. The van der Waals surface area contributed by atoms with Crippen molar-refractivity contribution < 1.29 is 29.1 Å². The quantitative estimate of drug-likeness (QED) is 0.0688. The average Bonchev–Trinajstić information content (AvgIpc) is 3.67. The van der Waals surface area contributed by atoms with E-state index in [-0.39, 0.29) is 22.5 Å². The fourth-order valence-electron chi connectivity index (χ4n) is 5.43. The third-order valence-corrected chi connectivity index (χ3v) is 7.53. The number of anilines is 2. The number of phenols is 2. The van der Waals surface area contributed by atoms with E-state index in [0.717, 1.165) is 0 Å². The second kappa shape index (κ2) is 11.9. The Morgan fingerprint density at radius 3 is 1.33 bits per heavy atom. The third kappa shape index (κ3) is 5.61. The first kappa shape index (κ1) is 29.6. The summed E-state index contributed by atoms with van der Waals surface area (Å²) in [5, 5.41) is 62.0. The molecule has 0 bridgehead atoms. The van der Waals surface area contributed by atoms with Crippen LogP contribution < -0.4 is 10.6 Å². The lowest BCUT2D eigenvalue weighted by molar-refractivity contribution is -0.385. The molecule has 2 heterocycles. The van der Waals surface area contributed by atoms with E-state index in [1.54, 1.807) is 74.5 Å². The van der Waals surface area contributed by atoms with Gasteiger partial charge in [-0.2, -0.15) is 0 Å². The highest BCUT2D eigenvalue weighted by Crippen LogP contribution is 2.49. The van der Waals surface area contributed by atoms with Crippen molar-refractivity contribution in [2.24, 2.45) is 0 Å². The maximum absolute atomic E-state index is 11.8. The predicted octanol–water partition coefficient (Wildman–Crippen LogP) is 7.06. The maximum Gasteiger partial charge on any atom is 0.269 e. The Labute approximate surface area is 260 Å². The summed E-state index contributed by atoms with van der Waals surface area (Å²) in [5.41, 5.74) is 1.36. The molecule has 46 heavy (non-hydrogen) atoms. The normalized spacial score (nSPS) is 12.5. The zero-order chi connectivity index (χ0) is 32.5. The summed E-state index contributed by atoms with van der Waals surface area (Å²) in [5.74, 6) is 0.791. The van der Waals surface area contributed by atoms with Gasteiger partial charge in [0.05, 0.1) is 21.9 Å². The highest BCUT2D eigenvalue weighted by molar-refractivity contribution is 5.95. The first-order valence-corrected chi connectivity index (χ1v) is 14.0. The summed E-state index contributed by atoms with van der Waals surface area (Å²) in [6.07, 6.45) is 0. The van der Waals surface area contributed by atoms with Gasteiger partial charge in [-0.25, -0.2) is 0 Å². The van der Waals surface area contributed by atoms with E-state index in [4.69, 9.17) is 9.05 Å². The molecule has 0 aliphatic rings. The van der Waals surface area contributed by atoms with Gasteiger partial charge in [0.15, 0.2) is 23.1 Å². The van der Waals surface area contributed by atoms with Gasteiger partial charge >= 0.3 is 0 Å². The van der Waals surface area contributed by atoms with Crippen LogP contribution in [0, 0.1) is 34.1 Å². The van der Waals surface area contributed by atoms with Gasteiger partial charge in [0.25, 0.3) is 11.4 Å². The number of non-ortho nitro benzene ring substituents is 2. The molecule has 0 aliphatic heterocycles. The number of nitro groups is 2.